The number of nitrogens with zero attached hydrogens (tertiary/aromatic N) is 1. The zero-order valence-electron chi connectivity index (χ0n) is 19.0. The highest BCUT2D eigenvalue weighted by Crippen LogP contribution is 2.34. The summed E-state index contributed by atoms with van der Waals surface area (Å²) in [4.78, 5) is 15.5. The first kappa shape index (κ1) is 25.2. The van der Waals surface area contributed by atoms with Gasteiger partial charge in [-0.2, -0.15) is 4.72 Å². The topological polar surface area (TPSA) is 101 Å². The van der Waals surface area contributed by atoms with Crippen LogP contribution in [0.1, 0.15) is 44.1 Å². The highest BCUT2D eigenvalue weighted by molar-refractivity contribution is 7.92. The standard InChI is InChI=1S/C24H29ClN2O5S2/c1-18-6-5-7-21(16-18)34(31,32)26-24(13-3-2-4-14-24)23(28)27-15-12-22(17-27)33(29,30)20-10-8-19(25)9-11-20/h5-11,16,22,26H,2-4,12-15,17H2,1H3. The van der Waals surface area contributed by atoms with Crippen LogP contribution in [-0.2, 0) is 24.7 Å². The number of carbonyl (C=O) groups is 1. The van der Waals surface area contributed by atoms with E-state index in [-0.39, 0.29) is 28.8 Å². The molecule has 2 aromatic rings. The number of likely N-dealkylation sites (tertiary alicyclic amines) is 1. The Morgan fingerprint density at radius 3 is 2.32 bits per heavy atom. The van der Waals surface area contributed by atoms with Crippen molar-refractivity contribution in [3.05, 3.63) is 59.1 Å². The summed E-state index contributed by atoms with van der Waals surface area (Å²) in [5.41, 5.74) is -0.457. The molecule has 7 nitrogen and oxygen atoms in total. The number of benzene rings is 2. The van der Waals surface area contributed by atoms with Gasteiger partial charge in [0, 0.05) is 18.1 Å². The maximum atomic E-state index is 13.7. The molecule has 1 aliphatic heterocycles. The predicted molar refractivity (Wildman–Crippen MR) is 131 cm³/mol. The second kappa shape index (κ2) is 9.60. The Kier molecular flexibility index (Phi) is 7.11. The lowest BCUT2D eigenvalue weighted by Gasteiger charge is -2.39. The maximum Gasteiger partial charge on any atom is 0.243 e. The van der Waals surface area contributed by atoms with Crippen LogP contribution < -0.4 is 4.72 Å². The van der Waals surface area contributed by atoms with Crippen LogP contribution in [0.4, 0.5) is 0 Å². The van der Waals surface area contributed by atoms with Gasteiger partial charge < -0.3 is 4.90 Å². The van der Waals surface area contributed by atoms with Crippen LogP contribution in [0.2, 0.25) is 5.02 Å². The molecule has 1 N–H and O–H groups in total. The number of sulfonamides is 1. The largest absolute Gasteiger partial charge is 0.340 e. The number of nitrogens with one attached hydrogen (secondary N) is 1. The molecule has 1 saturated carbocycles. The van der Waals surface area contributed by atoms with E-state index in [0.29, 0.717) is 24.3 Å². The van der Waals surface area contributed by atoms with Gasteiger partial charge in [0.05, 0.1) is 15.0 Å². The average molecular weight is 525 g/mol. The van der Waals surface area contributed by atoms with E-state index in [0.717, 1.165) is 24.8 Å². The van der Waals surface area contributed by atoms with E-state index in [2.05, 4.69) is 4.72 Å². The third-order valence-electron chi connectivity index (χ3n) is 6.76. The first-order valence-corrected chi connectivity index (χ1v) is 14.8. The number of amides is 1. The molecular formula is C24H29ClN2O5S2. The second-order valence-corrected chi connectivity index (χ2v) is 13.6. The number of carbonyl (C=O) groups excluding carboxylic acids is 1. The van der Waals surface area contributed by atoms with Crippen molar-refractivity contribution in [2.45, 2.75) is 66.0 Å². The van der Waals surface area contributed by atoms with Crippen LogP contribution in [0.25, 0.3) is 0 Å². The Morgan fingerprint density at radius 2 is 1.68 bits per heavy atom. The molecular weight excluding hydrogens is 496 g/mol. The Morgan fingerprint density at radius 1 is 1.00 bits per heavy atom. The molecule has 1 heterocycles. The van der Waals surface area contributed by atoms with Crippen LogP contribution in [0.5, 0.6) is 0 Å². The lowest BCUT2D eigenvalue weighted by atomic mass is 9.81. The number of hydrogen-bond acceptors (Lipinski definition) is 5. The van der Waals surface area contributed by atoms with Gasteiger partial charge in [0.15, 0.2) is 9.84 Å². The van der Waals surface area contributed by atoms with Gasteiger partial charge >= 0.3 is 0 Å². The van der Waals surface area contributed by atoms with Crippen molar-refractivity contribution >= 4 is 37.4 Å². The number of aryl methyl sites for hydroxylation is 1. The lowest BCUT2D eigenvalue weighted by molar-refractivity contribution is -0.137. The molecule has 1 unspecified atom stereocenters. The molecule has 1 saturated heterocycles. The van der Waals surface area contributed by atoms with Gasteiger partial charge in [0.1, 0.15) is 5.54 Å². The van der Waals surface area contributed by atoms with Crippen LogP contribution in [0.3, 0.4) is 0 Å². The Hall–Kier alpha value is -1.94. The van der Waals surface area contributed by atoms with Gasteiger partial charge in [0.2, 0.25) is 15.9 Å². The lowest BCUT2D eigenvalue weighted by Crippen LogP contribution is -2.60. The predicted octanol–water partition coefficient (Wildman–Crippen LogP) is 3.70. The van der Waals surface area contributed by atoms with Crippen LogP contribution in [-0.4, -0.2) is 51.5 Å². The van der Waals surface area contributed by atoms with Gasteiger partial charge in [-0.1, -0.05) is 43.0 Å². The van der Waals surface area contributed by atoms with E-state index < -0.39 is 30.6 Å². The third-order valence-corrected chi connectivity index (χ3v) is 10.7. The smallest absolute Gasteiger partial charge is 0.243 e. The molecule has 1 atom stereocenters. The van der Waals surface area contributed by atoms with E-state index in [1.54, 1.807) is 12.1 Å². The SMILES string of the molecule is Cc1cccc(S(=O)(=O)NC2(C(=O)N3CCC(S(=O)(=O)c4ccc(Cl)cc4)C3)CCCCC2)c1. The first-order chi connectivity index (χ1) is 16.0. The number of rotatable bonds is 6. The highest BCUT2D eigenvalue weighted by atomic mass is 35.5. The number of hydrogen-bond donors (Lipinski definition) is 1. The molecule has 10 heteroatoms. The fourth-order valence-corrected chi connectivity index (χ4v) is 8.24. The zero-order valence-corrected chi connectivity index (χ0v) is 21.4. The van der Waals surface area contributed by atoms with Crippen molar-refractivity contribution in [2.24, 2.45) is 0 Å². The second-order valence-electron chi connectivity index (χ2n) is 9.23. The van der Waals surface area contributed by atoms with Gasteiger partial charge in [-0.05, 0) is 68.1 Å². The van der Waals surface area contributed by atoms with Gasteiger partial charge in [0.25, 0.3) is 0 Å². The molecule has 184 valence electrons. The van der Waals surface area contributed by atoms with Crippen LogP contribution in [0.15, 0.2) is 58.3 Å². The minimum Gasteiger partial charge on any atom is -0.340 e. The summed E-state index contributed by atoms with van der Waals surface area (Å²) in [7, 11) is -7.58. The van der Waals surface area contributed by atoms with Crippen molar-refractivity contribution in [2.75, 3.05) is 13.1 Å². The minimum atomic E-state index is -3.93. The van der Waals surface area contributed by atoms with Gasteiger partial charge in [-0.15, -0.1) is 0 Å². The Balaban J connectivity index is 1.57. The van der Waals surface area contributed by atoms with Crippen molar-refractivity contribution in [1.82, 2.24) is 9.62 Å². The number of sulfone groups is 1. The van der Waals surface area contributed by atoms with Crippen molar-refractivity contribution in [3.8, 4) is 0 Å². The molecule has 1 amide bonds. The monoisotopic (exact) mass is 524 g/mol. The van der Waals surface area contributed by atoms with E-state index in [9.17, 15) is 21.6 Å². The van der Waals surface area contributed by atoms with E-state index >= 15 is 0 Å². The minimum absolute atomic E-state index is 0.0394. The Labute approximate surface area is 206 Å². The van der Waals surface area contributed by atoms with E-state index in [4.69, 9.17) is 11.6 Å². The van der Waals surface area contributed by atoms with E-state index in [1.165, 1.54) is 35.2 Å². The molecule has 34 heavy (non-hydrogen) atoms. The summed E-state index contributed by atoms with van der Waals surface area (Å²) in [5, 5.41) is -0.297. The fourth-order valence-electron chi connectivity index (χ4n) is 4.90. The highest BCUT2D eigenvalue weighted by Gasteiger charge is 2.48. The summed E-state index contributed by atoms with van der Waals surface area (Å²) < 4.78 is 55.4. The summed E-state index contributed by atoms with van der Waals surface area (Å²) >= 11 is 5.89. The maximum absolute atomic E-state index is 13.7. The molecule has 2 aliphatic rings. The number of halogens is 1. The molecule has 0 bridgehead atoms. The van der Waals surface area contributed by atoms with Gasteiger partial charge in [-0.25, -0.2) is 16.8 Å². The molecule has 1 aliphatic carbocycles. The third kappa shape index (κ3) is 5.03. The average Bonchev–Trinajstić information content (AvgIpc) is 3.30. The zero-order chi connectivity index (χ0) is 24.6. The quantitative estimate of drug-likeness (QED) is 0.621. The van der Waals surface area contributed by atoms with Crippen LogP contribution in [0, 0.1) is 6.92 Å². The van der Waals surface area contributed by atoms with Crippen molar-refractivity contribution in [3.63, 3.8) is 0 Å². The fraction of sp³-hybridized carbons (Fsp3) is 0.458. The van der Waals surface area contributed by atoms with Gasteiger partial charge in [-0.3, -0.25) is 4.79 Å². The van der Waals surface area contributed by atoms with Crippen molar-refractivity contribution < 1.29 is 21.6 Å². The Bertz CT molecular complexity index is 1270. The molecule has 4 rings (SSSR count). The first-order valence-electron chi connectivity index (χ1n) is 11.4. The molecule has 0 spiro atoms. The summed E-state index contributed by atoms with van der Waals surface area (Å²) in [5.74, 6) is -0.336. The summed E-state index contributed by atoms with van der Waals surface area (Å²) in [6.07, 6.45) is 3.46. The van der Waals surface area contributed by atoms with Crippen molar-refractivity contribution in [1.29, 1.82) is 0 Å². The normalized spacial score (nSPS) is 20.9. The van der Waals surface area contributed by atoms with E-state index in [1.807, 2.05) is 13.0 Å². The summed E-state index contributed by atoms with van der Waals surface area (Å²) in [6, 6.07) is 12.6. The summed E-state index contributed by atoms with van der Waals surface area (Å²) in [6.45, 7) is 2.12. The molecule has 2 aromatic carbocycles. The molecule has 2 fully saturated rings. The molecule has 0 aromatic heterocycles. The molecule has 0 radical (unpaired) electrons. The van der Waals surface area contributed by atoms with Crippen LogP contribution >= 0.6 is 11.6 Å².